The highest BCUT2D eigenvalue weighted by atomic mass is 16.2. The first-order valence-corrected chi connectivity index (χ1v) is 9.43. The second kappa shape index (κ2) is 7.58. The Balaban J connectivity index is 2.00. The minimum atomic E-state index is 0.0711. The van der Waals surface area contributed by atoms with E-state index in [1.54, 1.807) is 0 Å². The number of anilines is 1. The van der Waals surface area contributed by atoms with E-state index in [2.05, 4.69) is 27.0 Å². The van der Waals surface area contributed by atoms with Gasteiger partial charge in [0.25, 0.3) is 5.91 Å². The number of benzene rings is 1. The summed E-state index contributed by atoms with van der Waals surface area (Å²) in [4.78, 5) is 19.4. The fourth-order valence-corrected chi connectivity index (χ4v) is 3.56. The summed E-state index contributed by atoms with van der Waals surface area (Å²) in [7, 11) is 2.14. The minimum absolute atomic E-state index is 0.0711. The quantitative estimate of drug-likeness (QED) is 0.844. The van der Waals surface area contributed by atoms with Crippen molar-refractivity contribution in [3.05, 3.63) is 29.5 Å². The molecule has 1 aromatic heterocycles. The van der Waals surface area contributed by atoms with Crippen molar-refractivity contribution in [3.63, 3.8) is 0 Å². The monoisotopic (exact) mass is 355 g/mol. The van der Waals surface area contributed by atoms with Gasteiger partial charge in [0.15, 0.2) is 5.82 Å². The summed E-state index contributed by atoms with van der Waals surface area (Å²) in [6.45, 7) is 12.7. The second-order valence-electron chi connectivity index (χ2n) is 7.34. The SMILES string of the molecule is CCN(C(=O)c1ccc2c(N3CCN(C)CC3)nnc(C)c2c1)C(C)C. The van der Waals surface area contributed by atoms with Crippen LogP contribution >= 0.6 is 0 Å². The number of likely N-dealkylation sites (N-methyl/N-ethyl adjacent to an activating group) is 1. The third kappa shape index (κ3) is 3.51. The molecule has 0 unspecified atom stereocenters. The zero-order valence-electron chi connectivity index (χ0n) is 16.5. The number of piperazine rings is 1. The van der Waals surface area contributed by atoms with Gasteiger partial charge in [-0.2, -0.15) is 5.10 Å². The van der Waals surface area contributed by atoms with Crippen molar-refractivity contribution >= 4 is 22.5 Å². The van der Waals surface area contributed by atoms with E-state index in [4.69, 9.17) is 0 Å². The van der Waals surface area contributed by atoms with Crippen LogP contribution in [0.15, 0.2) is 18.2 Å². The van der Waals surface area contributed by atoms with Gasteiger partial charge < -0.3 is 14.7 Å². The summed E-state index contributed by atoms with van der Waals surface area (Å²) < 4.78 is 0. The number of hydrogen-bond donors (Lipinski definition) is 0. The zero-order valence-corrected chi connectivity index (χ0v) is 16.5. The third-order valence-electron chi connectivity index (χ3n) is 5.22. The number of aromatic nitrogens is 2. The minimum Gasteiger partial charge on any atom is -0.352 e. The molecule has 2 aromatic rings. The van der Waals surface area contributed by atoms with Crippen LogP contribution in [0.25, 0.3) is 10.8 Å². The van der Waals surface area contributed by atoms with Crippen molar-refractivity contribution < 1.29 is 4.79 Å². The Morgan fingerprint density at radius 2 is 1.85 bits per heavy atom. The molecule has 1 aliphatic heterocycles. The Bertz CT molecular complexity index is 796. The normalized spacial score (nSPS) is 15.7. The average Bonchev–Trinajstić information content (AvgIpc) is 2.63. The van der Waals surface area contributed by atoms with Crippen molar-refractivity contribution in [1.29, 1.82) is 0 Å². The first kappa shape index (κ1) is 18.6. The Hall–Kier alpha value is -2.21. The van der Waals surface area contributed by atoms with Gasteiger partial charge in [-0.1, -0.05) is 0 Å². The maximum Gasteiger partial charge on any atom is 0.254 e. The summed E-state index contributed by atoms with van der Waals surface area (Å²) in [6.07, 6.45) is 0. The van der Waals surface area contributed by atoms with Crippen LogP contribution in [-0.4, -0.2) is 71.7 Å². The van der Waals surface area contributed by atoms with Gasteiger partial charge in [-0.15, -0.1) is 5.10 Å². The van der Waals surface area contributed by atoms with E-state index in [9.17, 15) is 4.79 Å². The Morgan fingerprint density at radius 1 is 1.15 bits per heavy atom. The molecule has 6 nitrogen and oxygen atoms in total. The number of rotatable bonds is 4. The molecule has 0 spiro atoms. The lowest BCUT2D eigenvalue weighted by Crippen LogP contribution is -2.45. The zero-order chi connectivity index (χ0) is 18.8. The van der Waals surface area contributed by atoms with Crippen LogP contribution in [0.5, 0.6) is 0 Å². The molecule has 26 heavy (non-hydrogen) atoms. The maximum absolute atomic E-state index is 12.9. The molecule has 0 aliphatic carbocycles. The molecular formula is C20H29N5O. The molecule has 1 saturated heterocycles. The third-order valence-corrected chi connectivity index (χ3v) is 5.22. The van der Waals surface area contributed by atoms with Gasteiger partial charge in [-0.25, -0.2) is 0 Å². The summed E-state index contributed by atoms with van der Waals surface area (Å²) in [5.74, 6) is 0.996. The first-order valence-electron chi connectivity index (χ1n) is 9.43. The molecular weight excluding hydrogens is 326 g/mol. The predicted molar refractivity (Wildman–Crippen MR) is 106 cm³/mol. The smallest absolute Gasteiger partial charge is 0.254 e. The highest BCUT2D eigenvalue weighted by Crippen LogP contribution is 2.28. The molecule has 1 amide bonds. The van der Waals surface area contributed by atoms with Gasteiger partial charge in [-0.3, -0.25) is 4.79 Å². The molecule has 0 saturated carbocycles. The van der Waals surface area contributed by atoms with Crippen LogP contribution in [0.4, 0.5) is 5.82 Å². The molecule has 3 rings (SSSR count). The van der Waals surface area contributed by atoms with Crippen LogP contribution in [0.3, 0.4) is 0 Å². The number of carbonyl (C=O) groups is 1. The Morgan fingerprint density at radius 3 is 2.46 bits per heavy atom. The van der Waals surface area contributed by atoms with Crippen molar-refractivity contribution in [1.82, 2.24) is 20.0 Å². The molecule has 0 radical (unpaired) electrons. The van der Waals surface area contributed by atoms with Crippen LogP contribution in [-0.2, 0) is 0 Å². The van der Waals surface area contributed by atoms with E-state index >= 15 is 0 Å². The van der Waals surface area contributed by atoms with E-state index < -0.39 is 0 Å². The summed E-state index contributed by atoms with van der Waals surface area (Å²) >= 11 is 0. The Kier molecular flexibility index (Phi) is 5.41. The number of aryl methyl sites for hydroxylation is 1. The number of nitrogens with zero attached hydrogens (tertiary/aromatic N) is 5. The average molecular weight is 355 g/mol. The van der Waals surface area contributed by atoms with E-state index in [-0.39, 0.29) is 11.9 Å². The van der Waals surface area contributed by atoms with Gasteiger partial charge in [0.2, 0.25) is 0 Å². The second-order valence-corrected chi connectivity index (χ2v) is 7.34. The van der Waals surface area contributed by atoms with E-state index in [0.29, 0.717) is 12.1 Å². The van der Waals surface area contributed by atoms with Crippen LogP contribution in [0.1, 0.15) is 36.8 Å². The lowest BCUT2D eigenvalue weighted by molar-refractivity contribution is 0.0717. The van der Waals surface area contributed by atoms with Crippen LogP contribution in [0.2, 0.25) is 0 Å². The summed E-state index contributed by atoms with van der Waals surface area (Å²) in [5.41, 5.74) is 1.58. The molecule has 140 valence electrons. The predicted octanol–water partition coefficient (Wildman–Crippen LogP) is 2.56. The first-order chi connectivity index (χ1) is 12.4. The van der Waals surface area contributed by atoms with Gasteiger partial charge in [0.05, 0.1) is 5.69 Å². The van der Waals surface area contributed by atoms with Gasteiger partial charge in [-0.05, 0) is 52.9 Å². The van der Waals surface area contributed by atoms with Gasteiger partial charge >= 0.3 is 0 Å². The fourth-order valence-electron chi connectivity index (χ4n) is 3.56. The van der Waals surface area contributed by atoms with Crippen molar-refractivity contribution in [2.45, 2.75) is 33.7 Å². The standard InChI is InChI=1S/C20H29N5O/c1-6-25(14(2)3)20(26)16-7-8-17-18(13-16)15(4)21-22-19(17)24-11-9-23(5)10-12-24/h7-8,13-14H,6,9-12H2,1-5H3. The molecule has 0 bridgehead atoms. The largest absolute Gasteiger partial charge is 0.352 e. The molecule has 1 aliphatic rings. The molecule has 6 heteroatoms. The van der Waals surface area contributed by atoms with Crippen molar-refractivity contribution in [2.75, 3.05) is 44.7 Å². The lowest BCUT2D eigenvalue weighted by Gasteiger charge is -2.33. The van der Waals surface area contributed by atoms with Crippen molar-refractivity contribution in [2.24, 2.45) is 0 Å². The number of fused-ring (bicyclic) bond motifs is 1. The maximum atomic E-state index is 12.9. The highest BCUT2D eigenvalue weighted by molar-refractivity contribution is 6.01. The van der Waals surface area contributed by atoms with E-state index in [0.717, 1.165) is 48.5 Å². The molecule has 2 heterocycles. The number of carbonyl (C=O) groups excluding carboxylic acids is 1. The summed E-state index contributed by atoms with van der Waals surface area (Å²) in [6, 6.07) is 6.12. The number of amides is 1. The lowest BCUT2D eigenvalue weighted by atomic mass is 10.0. The van der Waals surface area contributed by atoms with Crippen LogP contribution < -0.4 is 4.90 Å². The van der Waals surface area contributed by atoms with E-state index in [1.165, 1.54) is 0 Å². The highest BCUT2D eigenvalue weighted by Gasteiger charge is 2.21. The van der Waals surface area contributed by atoms with Gasteiger partial charge in [0, 0.05) is 55.1 Å². The van der Waals surface area contributed by atoms with Gasteiger partial charge in [0.1, 0.15) is 0 Å². The molecule has 0 atom stereocenters. The topological polar surface area (TPSA) is 52.6 Å². The summed E-state index contributed by atoms with van der Waals surface area (Å²) in [5, 5.41) is 10.9. The fraction of sp³-hybridized carbons (Fsp3) is 0.550. The van der Waals surface area contributed by atoms with Crippen LogP contribution in [0, 0.1) is 6.92 Å². The Labute approximate surface area is 155 Å². The van der Waals surface area contributed by atoms with Crippen molar-refractivity contribution in [3.8, 4) is 0 Å². The molecule has 1 fully saturated rings. The molecule has 1 aromatic carbocycles. The number of hydrogen-bond acceptors (Lipinski definition) is 5. The molecule has 0 N–H and O–H groups in total. The van der Waals surface area contributed by atoms with E-state index in [1.807, 2.05) is 50.8 Å².